The molecule has 3 aromatic carbocycles. The molecular formula is C30H24F3NO5S. The van der Waals surface area contributed by atoms with Crippen molar-refractivity contribution in [1.82, 2.24) is 0 Å². The highest BCUT2D eigenvalue weighted by molar-refractivity contribution is 7.17. The molecule has 5 rings (SSSR count). The highest BCUT2D eigenvalue weighted by Crippen LogP contribution is 2.37. The van der Waals surface area contributed by atoms with Gasteiger partial charge in [-0.2, -0.15) is 0 Å². The van der Waals surface area contributed by atoms with Crippen LogP contribution in [0.15, 0.2) is 71.6 Å². The van der Waals surface area contributed by atoms with Gasteiger partial charge in [0.05, 0.1) is 16.8 Å². The molecule has 40 heavy (non-hydrogen) atoms. The molecule has 0 atom stereocenters. The Kier molecular flexibility index (Phi) is 7.29. The molecule has 0 amide bonds. The molecule has 4 aromatic rings. The lowest BCUT2D eigenvalue weighted by molar-refractivity contribution is -0.274. The van der Waals surface area contributed by atoms with E-state index in [1.807, 2.05) is 25.1 Å². The maximum absolute atomic E-state index is 13.1. The van der Waals surface area contributed by atoms with Crippen molar-refractivity contribution in [1.29, 1.82) is 0 Å². The lowest BCUT2D eigenvalue weighted by atomic mass is 9.99. The van der Waals surface area contributed by atoms with E-state index in [1.165, 1.54) is 29.5 Å². The number of thiophene rings is 1. The number of alkyl halides is 3. The molecular weight excluding hydrogens is 543 g/mol. The van der Waals surface area contributed by atoms with Crippen LogP contribution < -0.4 is 15.2 Å². The standard InChI is InChI=1S/C30H24F3NO5S/c1-16-12-19(9-11-20(16)18-8-10-21-24(29(36)37)15-40-26(21)13-18)38-14-23(28(35)17-6-7-17)27(34)22-4-2-3-5-25(22)39-30(31,32)33/h2-5,8-13,15,17H,6-7,14,34H2,1H3,(H,36,37). The van der Waals surface area contributed by atoms with Gasteiger partial charge in [0.1, 0.15) is 18.1 Å². The predicted molar refractivity (Wildman–Crippen MR) is 146 cm³/mol. The minimum Gasteiger partial charge on any atom is -0.489 e. The number of halogens is 3. The summed E-state index contributed by atoms with van der Waals surface area (Å²) in [5, 5.41) is 11.7. The van der Waals surface area contributed by atoms with Gasteiger partial charge in [-0.25, -0.2) is 4.79 Å². The molecule has 1 fully saturated rings. The van der Waals surface area contributed by atoms with Gasteiger partial charge < -0.3 is 20.3 Å². The van der Waals surface area contributed by atoms with E-state index in [4.69, 9.17) is 10.5 Å². The van der Waals surface area contributed by atoms with Gasteiger partial charge >= 0.3 is 12.3 Å². The van der Waals surface area contributed by atoms with Crippen LogP contribution in [-0.4, -0.2) is 29.8 Å². The third kappa shape index (κ3) is 5.81. The van der Waals surface area contributed by atoms with Crippen LogP contribution in [0, 0.1) is 12.8 Å². The monoisotopic (exact) mass is 567 g/mol. The Hall–Kier alpha value is -4.31. The molecule has 1 heterocycles. The van der Waals surface area contributed by atoms with Crippen molar-refractivity contribution in [3.8, 4) is 22.6 Å². The second-order valence-electron chi connectivity index (χ2n) is 9.51. The minimum absolute atomic E-state index is 0.0334. The Morgan fingerprint density at radius 3 is 2.48 bits per heavy atom. The summed E-state index contributed by atoms with van der Waals surface area (Å²) in [6.07, 6.45) is -3.54. The first-order valence-corrected chi connectivity index (χ1v) is 13.3. The number of fused-ring (bicyclic) bond motifs is 1. The van der Waals surface area contributed by atoms with Crippen LogP contribution in [0.5, 0.6) is 11.5 Å². The Balaban J connectivity index is 1.41. The molecule has 1 aromatic heterocycles. The predicted octanol–water partition coefficient (Wildman–Crippen LogP) is 7.20. The number of ether oxygens (including phenoxy) is 2. The number of Topliss-reactive ketones (excluding diaryl/α,β-unsaturated/α-hetero) is 1. The topological polar surface area (TPSA) is 98.9 Å². The summed E-state index contributed by atoms with van der Waals surface area (Å²) >= 11 is 1.36. The second kappa shape index (κ2) is 10.7. The van der Waals surface area contributed by atoms with E-state index in [0.29, 0.717) is 24.0 Å². The number of carbonyl (C=O) groups is 2. The van der Waals surface area contributed by atoms with E-state index in [0.717, 1.165) is 27.5 Å². The van der Waals surface area contributed by atoms with E-state index in [-0.39, 0.29) is 40.7 Å². The maximum Gasteiger partial charge on any atom is 0.573 e. The SMILES string of the molecule is Cc1cc(OCC(C(=O)C2CC2)=C(N)c2ccccc2OC(F)(F)F)ccc1-c1ccc2c(C(=O)O)csc2c1. The smallest absolute Gasteiger partial charge is 0.489 e. The number of carboxylic acid groups (broad SMARTS) is 1. The zero-order valence-corrected chi connectivity index (χ0v) is 22.1. The normalized spacial score (nSPS) is 14.1. The lowest BCUT2D eigenvalue weighted by Crippen LogP contribution is -2.21. The van der Waals surface area contributed by atoms with Crippen molar-refractivity contribution in [3.63, 3.8) is 0 Å². The molecule has 0 bridgehead atoms. The first kappa shape index (κ1) is 27.3. The number of benzene rings is 3. The van der Waals surface area contributed by atoms with Crippen LogP contribution in [-0.2, 0) is 4.79 Å². The molecule has 1 saturated carbocycles. The fourth-order valence-corrected chi connectivity index (χ4v) is 5.48. The van der Waals surface area contributed by atoms with Gasteiger partial charge in [0.25, 0.3) is 0 Å². The maximum atomic E-state index is 13.1. The number of aryl methyl sites for hydroxylation is 1. The van der Waals surface area contributed by atoms with Gasteiger partial charge in [-0.05, 0) is 66.8 Å². The van der Waals surface area contributed by atoms with Crippen LogP contribution in [0.4, 0.5) is 13.2 Å². The van der Waals surface area contributed by atoms with Crippen molar-refractivity contribution in [2.75, 3.05) is 6.61 Å². The summed E-state index contributed by atoms with van der Waals surface area (Å²) in [4.78, 5) is 24.5. The van der Waals surface area contributed by atoms with E-state index in [2.05, 4.69) is 4.74 Å². The fraction of sp³-hybridized carbons (Fsp3) is 0.200. The van der Waals surface area contributed by atoms with Crippen molar-refractivity contribution in [3.05, 3.63) is 88.3 Å². The quantitative estimate of drug-likeness (QED) is 0.208. The first-order valence-electron chi connectivity index (χ1n) is 12.4. The number of rotatable bonds is 9. The average Bonchev–Trinajstić information content (AvgIpc) is 3.66. The molecule has 6 nitrogen and oxygen atoms in total. The highest BCUT2D eigenvalue weighted by Gasteiger charge is 2.35. The Morgan fingerprint density at radius 1 is 1.05 bits per heavy atom. The molecule has 1 aliphatic rings. The Bertz CT molecular complexity index is 1650. The van der Waals surface area contributed by atoms with Gasteiger partial charge in [0.2, 0.25) is 0 Å². The second-order valence-corrected chi connectivity index (χ2v) is 10.4. The molecule has 0 radical (unpaired) electrons. The number of ketones is 1. The average molecular weight is 568 g/mol. The van der Waals surface area contributed by atoms with Gasteiger partial charge in [-0.15, -0.1) is 24.5 Å². The molecule has 10 heteroatoms. The largest absolute Gasteiger partial charge is 0.573 e. The lowest BCUT2D eigenvalue weighted by Gasteiger charge is -2.17. The summed E-state index contributed by atoms with van der Waals surface area (Å²) in [5.41, 5.74) is 9.20. The summed E-state index contributed by atoms with van der Waals surface area (Å²) in [5.74, 6) is -1.49. The molecule has 0 spiro atoms. The van der Waals surface area contributed by atoms with Crippen LogP contribution >= 0.6 is 11.3 Å². The van der Waals surface area contributed by atoms with Crippen molar-refractivity contribution in [2.45, 2.75) is 26.1 Å². The van der Waals surface area contributed by atoms with Gasteiger partial charge in [-0.3, -0.25) is 4.79 Å². The molecule has 206 valence electrons. The van der Waals surface area contributed by atoms with Crippen LogP contribution in [0.25, 0.3) is 26.9 Å². The van der Waals surface area contributed by atoms with Crippen molar-refractivity contribution < 1.29 is 37.3 Å². The number of carboxylic acids is 1. The van der Waals surface area contributed by atoms with E-state index < -0.39 is 18.1 Å². The van der Waals surface area contributed by atoms with E-state index in [9.17, 15) is 27.9 Å². The van der Waals surface area contributed by atoms with Crippen molar-refractivity contribution >= 4 is 38.9 Å². The van der Waals surface area contributed by atoms with E-state index in [1.54, 1.807) is 23.6 Å². The first-order chi connectivity index (χ1) is 19.0. The van der Waals surface area contributed by atoms with Crippen molar-refractivity contribution in [2.24, 2.45) is 11.7 Å². The molecule has 0 saturated heterocycles. The molecule has 3 N–H and O–H groups in total. The van der Waals surface area contributed by atoms with Gasteiger partial charge in [-0.1, -0.05) is 30.3 Å². The fourth-order valence-electron chi connectivity index (χ4n) is 4.51. The number of aromatic carboxylic acids is 1. The number of para-hydroxylation sites is 1. The molecule has 0 unspecified atom stereocenters. The highest BCUT2D eigenvalue weighted by atomic mass is 32.1. The number of carbonyl (C=O) groups excluding carboxylic acids is 1. The summed E-state index contributed by atoms with van der Waals surface area (Å²) in [7, 11) is 0. The molecule has 0 aliphatic heterocycles. The number of hydrogen-bond acceptors (Lipinski definition) is 6. The zero-order valence-electron chi connectivity index (χ0n) is 21.2. The van der Waals surface area contributed by atoms with Gasteiger partial charge in [0, 0.05) is 26.9 Å². The Morgan fingerprint density at radius 2 is 1.80 bits per heavy atom. The van der Waals surface area contributed by atoms with E-state index >= 15 is 0 Å². The summed E-state index contributed by atoms with van der Waals surface area (Å²) in [6.45, 7) is 1.67. The molecule has 1 aliphatic carbocycles. The van der Waals surface area contributed by atoms with Crippen LogP contribution in [0.1, 0.15) is 34.3 Å². The summed E-state index contributed by atoms with van der Waals surface area (Å²) in [6, 6.07) is 16.4. The Labute approximate surface area is 231 Å². The number of hydrogen-bond donors (Lipinski definition) is 2. The van der Waals surface area contributed by atoms with Crippen LogP contribution in [0.3, 0.4) is 0 Å². The third-order valence-corrected chi connectivity index (χ3v) is 7.62. The summed E-state index contributed by atoms with van der Waals surface area (Å²) < 4.78 is 49.8. The zero-order chi connectivity index (χ0) is 28.6. The van der Waals surface area contributed by atoms with Gasteiger partial charge in [0.15, 0.2) is 5.78 Å². The minimum atomic E-state index is -4.92. The third-order valence-electron chi connectivity index (χ3n) is 6.67. The van der Waals surface area contributed by atoms with Crippen LogP contribution in [0.2, 0.25) is 0 Å². The number of nitrogens with two attached hydrogens (primary N) is 1.